The van der Waals surface area contributed by atoms with Crippen LogP contribution in [0, 0.1) is 12.8 Å². The monoisotopic (exact) mass is 287 g/mol. The second-order valence-electron chi connectivity index (χ2n) is 5.39. The fourth-order valence-electron chi connectivity index (χ4n) is 1.97. The quantitative estimate of drug-likeness (QED) is 0.857. The Morgan fingerprint density at radius 2 is 2.00 bits per heavy atom. The maximum atomic E-state index is 12.0. The zero-order valence-electron chi connectivity index (χ0n) is 12.6. The summed E-state index contributed by atoms with van der Waals surface area (Å²) < 4.78 is 4.91. The fraction of sp³-hybridized carbons (Fsp3) is 0.375. The Labute approximate surface area is 124 Å². The molecule has 2 rings (SSSR count). The van der Waals surface area contributed by atoms with Crippen LogP contribution >= 0.6 is 0 Å². The van der Waals surface area contributed by atoms with Gasteiger partial charge in [-0.2, -0.15) is 0 Å². The van der Waals surface area contributed by atoms with E-state index in [0.29, 0.717) is 23.9 Å². The molecule has 2 aromatic rings. The SMILES string of the molecule is Cc1cc(C(=O)NCC(Nc2ccccc2)C(C)C)no1. The molecule has 0 radical (unpaired) electrons. The van der Waals surface area contributed by atoms with Gasteiger partial charge in [-0.15, -0.1) is 0 Å². The van der Waals surface area contributed by atoms with Gasteiger partial charge in [0.25, 0.3) is 5.91 Å². The zero-order valence-corrected chi connectivity index (χ0v) is 12.6. The number of carbonyl (C=O) groups is 1. The van der Waals surface area contributed by atoms with Crippen LogP contribution in [0.1, 0.15) is 30.1 Å². The first-order valence-corrected chi connectivity index (χ1v) is 7.09. The zero-order chi connectivity index (χ0) is 15.2. The molecular weight excluding hydrogens is 266 g/mol. The molecule has 1 atom stereocenters. The van der Waals surface area contributed by atoms with E-state index in [4.69, 9.17) is 4.52 Å². The van der Waals surface area contributed by atoms with E-state index in [-0.39, 0.29) is 11.9 Å². The number of carbonyl (C=O) groups excluding carboxylic acids is 1. The predicted molar refractivity (Wildman–Crippen MR) is 82.3 cm³/mol. The Hall–Kier alpha value is -2.30. The van der Waals surface area contributed by atoms with E-state index in [9.17, 15) is 4.79 Å². The van der Waals surface area contributed by atoms with Gasteiger partial charge in [0.2, 0.25) is 0 Å². The molecule has 0 aliphatic rings. The highest BCUT2D eigenvalue weighted by Crippen LogP contribution is 2.12. The maximum absolute atomic E-state index is 12.0. The van der Waals surface area contributed by atoms with Crippen molar-refractivity contribution in [2.24, 2.45) is 5.92 Å². The number of aryl methyl sites for hydroxylation is 1. The van der Waals surface area contributed by atoms with Gasteiger partial charge in [0.15, 0.2) is 5.69 Å². The van der Waals surface area contributed by atoms with Crippen molar-refractivity contribution in [2.75, 3.05) is 11.9 Å². The molecular formula is C16H21N3O2. The van der Waals surface area contributed by atoms with Crippen LogP contribution in [0.4, 0.5) is 5.69 Å². The standard InChI is InChI=1S/C16H21N3O2/c1-11(2)15(18-13-7-5-4-6-8-13)10-17-16(20)14-9-12(3)21-19-14/h4-9,11,15,18H,10H2,1-3H3,(H,17,20). The lowest BCUT2D eigenvalue weighted by molar-refractivity contribution is 0.0941. The van der Waals surface area contributed by atoms with E-state index in [2.05, 4.69) is 29.6 Å². The van der Waals surface area contributed by atoms with Gasteiger partial charge in [0.05, 0.1) is 0 Å². The number of hydrogen-bond acceptors (Lipinski definition) is 4. The number of amides is 1. The molecule has 0 aliphatic carbocycles. The summed E-state index contributed by atoms with van der Waals surface area (Å²) >= 11 is 0. The molecule has 2 N–H and O–H groups in total. The van der Waals surface area contributed by atoms with Crippen LogP contribution in [-0.2, 0) is 0 Å². The summed E-state index contributed by atoms with van der Waals surface area (Å²) in [5, 5.41) is 10.0. The molecule has 0 saturated carbocycles. The number of aromatic nitrogens is 1. The molecule has 0 bridgehead atoms. The molecule has 0 spiro atoms. The van der Waals surface area contributed by atoms with Crippen molar-refractivity contribution in [3.8, 4) is 0 Å². The third-order valence-electron chi connectivity index (χ3n) is 3.27. The van der Waals surface area contributed by atoms with Crippen molar-refractivity contribution < 1.29 is 9.32 Å². The van der Waals surface area contributed by atoms with Crippen molar-refractivity contribution in [3.63, 3.8) is 0 Å². The van der Waals surface area contributed by atoms with Crippen molar-refractivity contribution in [3.05, 3.63) is 47.9 Å². The molecule has 1 heterocycles. The number of rotatable bonds is 6. The van der Waals surface area contributed by atoms with Gasteiger partial charge >= 0.3 is 0 Å². The van der Waals surface area contributed by atoms with Gasteiger partial charge in [0, 0.05) is 24.3 Å². The molecule has 21 heavy (non-hydrogen) atoms. The molecule has 5 nitrogen and oxygen atoms in total. The molecule has 0 saturated heterocycles. The molecule has 5 heteroatoms. The summed E-state index contributed by atoms with van der Waals surface area (Å²) in [5.41, 5.74) is 1.36. The summed E-state index contributed by atoms with van der Waals surface area (Å²) in [6.07, 6.45) is 0. The maximum Gasteiger partial charge on any atom is 0.273 e. The number of anilines is 1. The summed E-state index contributed by atoms with van der Waals surface area (Å²) in [5.74, 6) is 0.792. The van der Waals surface area contributed by atoms with Crippen molar-refractivity contribution in [2.45, 2.75) is 26.8 Å². The number of nitrogens with zero attached hydrogens (tertiary/aromatic N) is 1. The van der Waals surface area contributed by atoms with Crippen LogP contribution < -0.4 is 10.6 Å². The van der Waals surface area contributed by atoms with Crippen LogP contribution in [0.25, 0.3) is 0 Å². The minimum atomic E-state index is -0.215. The predicted octanol–water partition coefficient (Wildman–Crippen LogP) is 2.85. The molecule has 1 amide bonds. The van der Waals surface area contributed by atoms with Gasteiger partial charge in [-0.05, 0) is 25.0 Å². The Morgan fingerprint density at radius 1 is 1.29 bits per heavy atom. The second kappa shape index (κ2) is 6.92. The van der Waals surface area contributed by atoms with Crippen LogP contribution in [0.2, 0.25) is 0 Å². The molecule has 0 aliphatic heterocycles. The van der Waals surface area contributed by atoms with Crippen molar-refractivity contribution in [1.82, 2.24) is 10.5 Å². The van der Waals surface area contributed by atoms with Crippen molar-refractivity contribution in [1.29, 1.82) is 0 Å². The highest BCUT2D eigenvalue weighted by molar-refractivity contribution is 5.92. The highest BCUT2D eigenvalue weighted by atomic mass is 16.5. The first-order valence-electron chi connectivity index (χ1n) is 7.09. The Kier molecular flexibility index (Phi) is 4.98. The van der Waals surface area contributed by atoms with Crippen LogP contribution in [0.15, 0.2) is 40.9 Å². The van der Waals surface area contributed by atoms with Crippen LogP contribution in [-0.4, -0.2) is 23.7 Å². The Bertz CT molecular complexity index is 578. The van der Waals surface area contributed by atoms with E-state index in [1.165, 1.54) is 0 Å². The van der Waals surface area contributed by atoms with Crippen molar-refractivity contribution >= 4 is 11.6 Å². The number of hydrogen-bond donors (Lipinski definition) is 2. The molecule has 1 aromatic heterocycles. The van der Waals surface area contributed by atoms with Gasteiger partial charge in [-0.3, -0.25) is 4.79 Å². The Balaban J connectivity index is 1.93. The minimum Gasteiger partial charge on any atom is -0.380 e. The summed E-state index contributed by atoms with van der Waals surface area (Å²) in [6, 6.07) is 11.7. The lowest BCUT2D eigenvalue weighted by Crippen LogP contribution is -2.39. The summed E-state index contributed by atoms with van der Waals surface area (Å²) in [7, 11) is 0. The largest absolute Gasteiger partial charge is 0.380 e. The van der Waals surface area contributed by atoms with Gasteiger partial charge in [-0.25, -0.2) is 0 Å². The van der Waals surface area contributed by atoms with E-state index in [0.717, 1.165) is 5.69 Å². The lowest BCUT2D eigenvalue weighted by Gasteiger charge is -2.23. The Morgan fingerprint density at radius 3 is 2.57 bits per heavy atom. The molecule has 0 fully saturated rings. The topological polar surface area (TPSA) is 67.2 Å². The average Bonchev–Trinajstić information content (AvgIpc) is 2.90. The first-order chi connectivity index (χ1) is 10.1. The van der Waals surface area contributed by atoms with Gasteiger partial charge < -0.3 is 15.2 Å². The summed E-state index contributed by atoms with van der Waals surface area (Å²) in [6.45, 7) is 6.52. The highest BCUT2D eigenvalue weighted by Gasteiger charge is 2.16. The smallest absolute Gasteiger partial charge is 0.273 e. The van der Waals surface area contributed by atoms with Gasteiger partial charge in [0.1, 0.15) is 5.76 Å². The van der Waals surface area contributed by atoms with Crippen LogP contribution in [0.5, 0.6) is 0 Å². The number of nitrogens with one attached hydrogen (secondary N) is 2. The number of benzene rings is 1. The molecule has 112 valence electrons. The van der Waals surface area contributed by atoms with Gasteiger partial charge in [-0.1, -0.05) is 37.2 Å². The van der Waals surface area contributed by atoms with Crippen LogP contribution in [0.3, 0.4) is 0 Å². The second-order valence-corrected chi connectivity index (χ2v) is 5.39. The third kappa shape index (κ3) is 4.34. The minimum absolute atomic E-state index is 0.143. The molecule has 1 unspecified atom stereocenters. The molecule has 1 aromatic carbocycles. The fourth-order valence-corrected chi connectivity index (χ4v) is 1.97. The average molecular weight is 287 g/mol. The number of para-hydroxylation sites is 1. The summed E-state index contributed by atoms with van der Waals surface area (Å²) in [4.78, 5) is 12.0. The first kappa shape index (κ1) is 15.1. The third-order valence-corrected chi connectivity index (χ3v) is 3.27. The lowest BCUT2D eigenvalue weighted by atomic mass is 10.0. The van der Waals surface area contributed by atoms with E-state index < -0.39 is 0 Å². The van der Waals surface area contributed by atoms with E-state index in [1.54, 1.807) is 13.0 Å². The normalized spacial score (nSPS) is 12.2. The van der Waals surface area contributed by atoms with E-state index in [1.807, 2.05) is 30.3 Å². The van der Waals surface area contributed by atoms with E-state index >= 15 is 0 Å².